The predicted octanol–water partition coefficient (Wildman–Crippen LogP) is 3.56. The number of benzene rings is 1. The standard InChI is InChI=1S/C16H16F2N2O3S/c1-22-13-6-5-11(8-14(13)23-16(17)18)20-15(21)10-24-9-12-4-2-3-7-19-12/h2-8,16H,9-10H2,1H3,(H,20,21). The lowest BCUT2D eigenvalue weighted by Crippen LogP contribution is -2.14. The molecule has 8 heteroatoms. The third-order valence-corrected chi connectivity index (χ3v) is 3.84. The molecule has 0 aliphatic carbocycles. The van der Waals surface area contributed by atoms with E-state index in [9.17, 15) is 13.6 Å². The number of rotatable bonds is 8. The molecule has 0 unspecified atom stereocenters. The molecule has 0 radical (unpaired) electrons. The molecule has 0 spiro atoms. The Labute approximate surface area is 142 Å². The number of carbonyl (C=O) groups excluding carboxylic acids is 1. The molecule has 24 heavy (non-hydrogen) atoms. The monoisotopic (exact) mass is 354 g/mol. The van der Waals surface area contributed by atoms with Crippen molar-refractivity contribution in [2.24, 2.45) is 0 Å². The van der Waals surface area contributed by atoms with Gasteiger partial charge in [0.15, 0.2) is 11.5 Å². The van der Waals surface area contributed by atoms with Gasteiger partial charge in [-0.25, -0.2) is 0 Å². The lowest BCUT2D eigenvalue weighted by molar-refractivity contribution is -0.113. The van der Waals surface area contributed by atoms with Crippen LogP contribution in [0.25, 0.3) is 0 Å². The highest BCUT2D eigenvalue weighted by Crippen LogP contribution is 2.31. The maximum atomic E-state index is 12.4. The highest BCUT2D eigenvalue weighted by molar-refractivity contribution is 7.99. The summed E-state index contributed by atoms with van der Waals surface area (Å²) in [5.74, 6) is 0.609. The number of thioether (sulfide) groups is 1. The summed E-state index contributed by atoms with van der Waals surface area (Å²) in [4.78, 5) is 16.1. The van der Waals surface area contributed by atoms with Gasteiger partial charge in [-0.15, -0.1) is 11.8 Å². The fraction of sp³-hybridized carbons (Fsp3) is 0.250. The van der Waals surface area contributed by atoms with Crippen LogP contribution in [0, 0.1) is 0 Å². The lowest BCUT2D eigenvalue weighted by Gasteiger charge is -2.12. The molecule has 2 rings (SSSR count). The Morgan fingerprint density at radius 1 is 1.29 bits per heavy atom. The summed E-state index contributed by atoms with van der Waals surface area (Å²) in [5.41, 5.74) is 1.24. The second-order valence-corrected chi connectivity index (χ2v) is 5.59. The first-order valence-electron chi connectivity index (χ1n) is 6.99. The summed E-state index contributed by atoms with van der Waals surface area (Å²) >= 11 is 1.41. The molecular formula is C16H16F2N2O3S. The van der Waals surface area contributed by atoms with E-state index in [1.165, 1.54) is 31.0 Å². The van der Waals surface area contributed by atoms with Crippen molar-refractivity contribution in [2.45, 2.75) is 12.4 Å². The number of anilines is 1. The van der Waals surface area contributed by atoms with E-state index in [0.29, 0.717) is 11.4 Å². The van der Waals surface area contributed by atoms with Gasteiger partial charge >= 0.3 is 6.61 Å². The Morgan fingerprint density at radius 3 is 2.79 bits per heavy atom. The van der Waals surface area contributed by atoms with Crippen molar-refractivity contribution < 1.29 is 23.0 Å². The Hall–Kier alpha value is -2.35. The third-order valence-electron chi connectivity index (χ3n) is 2.87. The fourth-order valence-corrected chi connectivity index (χ4v) is 2.61. The number of methoxy groups -OCH3 is 1. The Kier molecular flexibility index (Phi) is 6.80. The lowest BCUT2D eigenvalue weighted by atomic mass is 10.2. The number of alkyl halides is 2. The van der Waals surface area contributed by atoms with Crippen LogP contribution >= 0.6 is 11.8 Å². The maximum Gasteiger partial charge on any atom is 0.387 e. The minimum absolute atomic E-state index is 0.133. The zero-order chi connectivity index (χ0) is 17.4. The molecular weight excluding hydrogens is 338 g/mol. The van der Waals surface area contributed by atoms with Crippen molar-refractivity contribution in [3.05, 3.63) is 48.3 Å². The first-order valence-corrected chi connectivity index (χ1v) is 8.14. The van der Waals surface area contributed by atoms with Gasteiger partial charge in [0.05, 0.1) is 18.6 Å². The largest absolute Gasteiger partial charge is 0.493 e. The summed E-state index contributed by atoms with van der Waals surface area (Å²) in [5, 5.41) is 2.63. The van der Waals surface area contributed by atoms with Gasteiger partial charge in [-0.3, -0.25) is 9.78 Å². The minimum atomic E-state index is -2.97. The summed E-state index contributed by atoms with van der Waals surface area (Å²) in [6.07, 6.45) is 1.69. The summed E-state index contributed by atoms with van der Waals surface area (Å²) in [6, 6.07) is 9.88. The number of hydrogen-bond donors (Lipinski definition) is 1. The van der Waals surface area contributed by atoms with Crippen LogP contribution in [0.2, 0.25) is 0 Å². The fourth-order valence-electron chi connectivity index (χ4n) is 1.87. The zero-order valence-corrected chi connectivity index (χ0v) is 13.7. The van der Waals surface area contributed by atoms with Gasteiger partial charge in [-0.05, 0) is 24.3 Å². The second kappa shape index (κ2) is 9.07. The van der Waals surface area contributed by atoms with Gasteiger partial charge in [-0.2, -0.15) is 8.78 Å². The zero-order valence-electron chi connectivity index (χ0n) is 12.9. The van der Waals surface area contributed by atoms with Crippen LogP contribution in [-0.2, 0) is 10.5 Å². The predicted molar refractivity (Wildman–Crippen MR) is 88.7 cm³/mol. The molecule has 0 atom stereocenters. The Bertz CT molecular complexity index is 672. The van der Waals surface area contributed by atoms with Crippen molar-refractivity contribution in [3.8, 4) is 11.5 Å². The molecule has 1 N–H and O–H groups in total. The summed E-state index contributed by atoms with van der Waals surface area (Å²) in [6.45, 7) is -2.97. The summed E-state index contributed by atoms with van der Waals surface area (Å²) in [7, 11) is 1.35. The van der Waals surface area contributed by atoms with E-state index in [1.54, 1.807) is 12.3 Å². The van der Waals surface area contributed by atoms with Gasteiger partial charge < -0.3 is 14.8 Å². The molecule has 5 nitrogen and oxygen atoms in total. The smallest absolute Gasteiger partial charge is 0.387 e. The molecule has 0 aliphatic rings. The second-order valence-electron chi connectivity index (χ2n) is 4.61. The number of halogens is 2. The number of pyridine rings is 1. The molecule has 0 fully saturated rings. The molecule has 2 aromatic rings. The van der Waals surface area contributed by atoms with Crippen molar-refractivity contribution in [1.82, 2.24) is 4.98 Å². The van der Waals surface area contributed by atoms with Gasteiger partial charge in [0.1, 0.15) is 0 Å². The van der Waals surface area contributed by atoms with Crippen LogP contribution in [0.4, 0.5) is 14.5 Å². The van der Waals surface area contributed by atoms with Crippen LogP contribution < -0.4 is 14.8 Å². The average Bonchev–Trinajstić information content (AvgIpc) is 2.55. The highest BCUT2D eigenvalue weighted by Gasteiger charge is 2.12. The van der Waals surface area contributed by atoms with Gasteiger partial charge in [0, 0.05) is 23.7 Å². The minimum Gasteiger partial charge on any atom is -0.493 e. The number of amides is 1. The first kappa shape index (κ1) is 18.0. The molecule has 1 heterocycles. The Morgan fingerprint density at radius 2 is 2.12 bits per heavy atom. The molecule has 0 saturated heterocycles. The molecule has 0 bridgehead atoms. The van der Waals surface area contributed by atoms with E-state index >= 15 is 0 Å². The summed E-state index contributed by atoms with van der Waals surface area (Å²) < 4.78 is 34.1. The van der Waals surface area contributed by atoms with Crippen molar-refractivity contribution in [3.63, 3.8) is 0 Å². The first-order chi connectivity index (χ1) is 11.6. The normalized spacial score (nSPS) is 10.5. The van der Waals surface area contributed by atoms with Crippen molar-refractivity contribution >= 4 is 23.4 Å². The quantitative estimate of drug-likeness (QED) is 0.785. The average molecular weight is 354 g/mol. The van der Waals surface area contributed by atoms with Crippen LogP contribution in [0.15, 0.2) is 42.6 Å². The molecule has 1 aromatic carbocycles. The topological polar surface area (TPSA) is 60.5 Å². The van der Waals surface area contributed by atoms with Crippen LogP contribution in [0.1, 0.15) is 5.69 Å². The third kappa shape index (κ3) is 5.69. The van der Waals surface area contributed by atoms with Crippen LogP contribution in [0.5, 0.6) is 11.5 Å². The molecule has 0 saturated carbocycles. The van der Waals surface area contributed by atoms with E-state index in [1.807, 2.05) is 18.2 Å². The molecule has 1 amide bonds. The molecule has 0 aliphatic heterocycles. The van der Waals surface area contributed by atoms with E-state index in [-0.39, 0.29) is 23.2 Å². The Balaban J connectivity index is 1.88. The van der Waals surface area contributed by atoms with E-state index in [4.69, 9.17) is 4.74 Å². The van der Waals surface area contributed by atoms with E-state index in [2.05, 4.69) is 15.0 Å². The maximum absolute atomic E-state index is 12.4. The number of nitrogens with zero attached hydrogens (tertiary/aromatic N) is 1. The number of nitrogens with one attached hydrogen (secondary N) is 1. The van der Waals surface area contributed by atoms with Crippen LogP contribution in [0.3, 0.4) is 0 Å². The molecule has 128 valence electrons. The van der Waals surface area contributed by atoms with Crippen LogP contribution in [-0.4, -0.2) is 30.4 Å². The van der Waals surface area contributed by atoms with Gasteiger partial charge in [0.25, 0.3) is 0 Å². The van der Waals surface area contributed by atoms with Gasteiger partial charge in [-0.1, -0.05) is 6.07 Å². The van der Waals surface area contributed by atoms with Crippen molar-refractivity contribution in [2.75, 3.05) is 18.2 Å². The molecule has 1 aromatic heterocycles. The van der Waals surface area contributed by atoms with E-state index in [0.717, 1.165) is 5.69 Å². The number of ether oxygens (including phenoxy) is 2. The number of hydrogen-bond acceptors (Lipinski definition) is 5. The SMILES string of the molecule is COc1ccc(NC(=O)CSCc2ccccn2)cc1OC(F)F. The highest BCUT2D eigenvalue weighted by atomic mass is 32.2. The number of aromatic nitrogens is 1. The van der Waals surface area contributed by atoms with E-state index < -0.39 is 6.61 Å². The van der Waals surface area contributed by atoms with Gasteiger partial charge in [0.2, 0.25) is 5.91 Å². The number of carbonyl (C=O) groups is 1. The van der Waals surface area contributed by atoms with Crippen molar-refractivity contribution in [1.29, 1.82) is 0 Å².